The van der Waals surface area contributed by atoms with E-state index in [0.717, 1.165) is 0 Å². The average Bonchev–Trinajstić information content (AvgIpc) is 2.17. The van der Waals surface area contributed by atoms with Crippen molar-refractivity contribution >= 4 is 12.3 Å². The summed E-state index contributed by atoms with van der Waals surface area (Å²) in [5, 5.41) is 17.6. The molecule has 14 heavy (non-hydrogen) atoms. The summed E-state index contributed by atoms with van der Waals surface area (Å²) in [4.78, 5) is 21.3. The molecule has 0 aliphatic heterocycles. The number of hydrogen-bond acceptors (Lipinski definition) is 3. The molecule has 0 radical (unpaired) electrons. The molecular formula is C10H7NO3. The quantitative estimate of drug-likeness (QED) is 0.713. The van der Waals surface area contributed by atoms with E-state index in [1.165, 1.54) is 6.07 Å². The third kappa shape index (κ3) is 1.48. The molecule has 0 aromatic heterocycles. The molecule has 70 valence electrons. The van der Waals surface area contributed by atoms with Gasteiger partial charge in [0.25, 0.3) is 0 Å². The maximum absolute atomic E-state index is 10.8. The van der Waals surface area contributed by atoms with Crippen LogP contribution in [0.5, 0.6) is 0 Å². The Kier molecular flexibility index (Phi) is 2.63. The number of aryl methyl sites for hydroxylation is 1. The highest BCUT2D eigenvalue weighted by atomic mass is 16.4. The lowest BCUT2D eigenvalue weighted by Crippen LogP contribution is -2.06. The van der Waals surface area contributed by atoms with Gasteiger partial charge in [0, 0.05) is 5.56 Å². The van der Waals surface area contributed by atoms with Crippen molar-refractivity contribution in [3.05, 3.63) is 34.4 Å². The Bertz CT molecular complexity index is 443. The number of rotatable bonds is 2. The van der Waals surface area contributed by atoms with Crippen LogP contribution in [0.25, 0.3) is 0 Å². The molecule has 0 spiro atoms. The lowest BCUT2D eigenvalue weighted by Gasteiger charge is -2.04. The molecule has 0 saturated heterocycles. The number of nitriles is 1. The first-order valence-corrected chi connectivity index (χ1v) is 3.84. The molecule has 4 nitrogen and oxygen atoms in total. The summed E-state index contributed by atoms with van der Waals surface area (Å²) in [6.07, 6.45) is 0.434. The molecule has 0 heterocycles. The van der Waals surface area contributed by atoms with Gasteiger partial charge in [-0.15, -0.1) is 0 Å². The second-order valence-electron chi connectivity index (χ2n) is 2.76. The number of carboxylic acids is 1. The van der Waals surface area contributed by atoms with Gasteiger partial charge in [0.1, 0.15) is 6.07 Å². The van der Waals surface area contributed by atoms with E-state index in [1.54, 1.807) is 19.1 Å². The van der Waals surface area contributed by atoms with Crippen LogP contribution >= 0.6 is 0 Å². The zero-order valence-corrected chi connectivity index (χ0v) is 7.44. The predicted molar refractivity (Wildman–Crippen MR) is 48.2 cm³/mol. The summed E-state index contributed by atoms with van der Waals surface area (Å²) in [5.74, 6) is -1.26. The van der Waals surface area contributed by atoms with Crippen LogP contribution in [0.2, 0.25) is 0 Å². The standard InChI is InChI=1S/C10H7NO3/c1-6-2-3-7(5-12)9(10(13)14)8(6)4-11/h2-3,5H,1H3,(H,13,14). The molecule has 0 aliphatic rings. The Morgan fingerprint density at radius 1 is 1.57 bits per heavy atom. The molecule has 1 aromatic carbocycles. The molecule has 4 heteroatoms. The number of hydrogen-bond donors (Lipinski definition) is 1. The summed E-state index contributed by atoms with van der Waals surface area (Å²) in [7, 11) is 0. The number of carboxylic acid groups (broad SMARTS) is 1. The molecule has 0 amide bonds. The third-order valence-corrected chi connectivity index (χ3v) is 1.90. The SMILES string of the molecule is Cc1ccc(C=O)c(C(=O)O)c1C#N. The summed E-state index contributed by atoms with van der Waals surface area (Å²) >= 11 is 0. The van der Waals surface area contributed by atoms with Crippen LogP contribution in [0.3, 0.4) is 0 Å². The second-order valence-corrected chi connectivity index (χ2v) is 2.76. The van der Waals surface area contributed by atoms with E-state index >= 15 is 0 Å². The van der Waals surface area contributed by atoms with Crippen LogP contribution in [0.4, 0.5) is 0 Å². The Hall–Kier alpha value is -2.15. The van der Waals surface area contributed by atoms with Crippen LogP contribution in [-0.2, 0) is 0 Å². The van der Waals surface area contributed by atoms with Crippen molar-refractivity contribution in [3.63, 3.8) is 0 Å². The predicted octanol–water partition coefficient (Wildman–Crippen LogP) is 1.38. The second kappa shape index (κ2) is 3.71. The Balaban J connectivity index is 3.62. The Morgan fingerprint density at radius 2 is 2.21 bits per heavy atom. The van der Waals surface area contributed by atoms with Gasteiger partial charge in [0.2, 0.25) is 0 Å². The molecule has 1 rings (SSSR count). The summed E-state index contributed by atoms with van der Waals surface area (Å²) in [6.45, 7) is 1.62. The minimum Gasteiger partial charge on any atom is -0.478 e. The highest BCUT2D eigenvalue weighted by Crippen LogP contribution is 2.16. The maximum atomic E-state index is 10.8. The van der Waals surface area contributed by atoms with Gasteiger partial charge in [-0.3, -0.25) is 4.79 Å². The first-order chi connectivity index (χ1) is 6.61. The van der Waals surface area contributed by atoms with Gasteiger partial charge in [-0.25, -0.2) is 4.79 Å². The van der Waals surface area contributed by atoms with Crippen molar-refractivity contribution in [2.45, 2.75) is 6.92 Å². The number of aldehydes is 1. The largest absolute Gasteiger partial charge is 0.478 e. The monoisotopic (exact) mass is 189 g/mol. The third-order valence-electron chi connectivity index (χ3n) is 1.90. The van der Waals surface area contributed by atoms with Gasteiger partial charge in [0.15, 0.2) is 6.29 Å². The Labute approximate surface area is 80.4 Å². The summed E-state index contributed by atoms with van der Waals surface area (Å²) < 4.78 is 0. The van der Waals surface area contributed by atoms with Crippen LogP contribution in [0.15, 0.2) is 12.1 Å². The van der Waals surface area contributed by atoms with Gasteiger partial charge in [-0.2, -0.15) is 5.26 Å². The molecule has 0 bridgehead atoms. The maximum Gasteiger partial charge on any atom is 0.337 e. The van der Waals surface area contributed by atoms with Crippen molar-refractivity contribution in [1.82, 2.24) is 0 Å². The van der Waals surface area contributed by atoms with E-state index in [1.807, 2.05) is 0 Å². The van der Waals surface area contributed by atoms with Crippen LogP contribution in [-0.4, -0.2) is 17.4 Å². The molecule has 0 saturated carbocycles. The lowest BCUT2D eigenvalue weighted by atomic mass is 9.98. The minimum atomic E-state index is -1.26. The van der Waals surface area contributed by atoms with E-state index in [-0.39, 0.29) is 16.7 Å². The van der Waals surface area contributed by atoms with Crippen molar-refractivity contribution in [2.24, 2.45) is 0 Å². The summed E-state index contributed by atoms with van der Waals surface area (Å²) in [5.41, 5.74) is 0.403. The minimum absolute atomic E-state index is 0.0275. The normalized spacial score (nSPS) is 9.14. The fourth-order valence-corrected chi connectivity index (χ4v) is 1.20. The molecule has 1 N–H and O–H groups in total. The zero-order valence-electron chi connectivity index (χ0n) is 7.44. The lowest BCUT2D eigenvalue weighted by molar-refractivity contribution is 0.0693. The van der Waals surface area contributed by atoms with E-state index < -0.39 is 5.97 Å². The average molecular weight is 189 g/mol. The molecule has 1 aromatic rings. The van der Waals surface area contributed by atoms with Crippen molar-refractivity contribution in [1.29, 1.82) is 5.26 Å². The van der Waals surface area contributed by atoms with Crippen LogP contribution < -0.4 is 0 Å². The molecule has 0 unspecified atom stereocenters. The number of nitrogens with zero attached hydrogens (tertiary/aromatic N) is 1. The number of carbonyl (C=O) groups is 2. The van der Waals surface area contributed by atoms with E-state index in [9.17, 15) is 9.59 Å². The molecule has 0 atom stereocenters. The van der Waals surface area contributed by atoms with E-state index in [4.69, 9.17) is 10.4 Å². The van der Waals surface area contributed by atoms with Crippen LogP contribution in [0.1, 0.15) is 31.8 Å². The summed E-state index contributed by atoms with van der Waals surface area (Å²) in [6, 6.07) is 4.73. The van der Waals surface area contributed by atoms with Gasteiger partial charge >= 0.3 is 5.97 Å². The highest BCUT2D eigenvalue weighted by molar-refractivity contribution is 5.99. The van der Waals surface area contributed by atoms with Crippen molar-refractivity contribution < 1.29 is 14.7 Å². The molecule has 0 fully saturated rings. The van der Waals surface area contributed by atoms with Gasteiger partial charge in [-0.1, -0.05) is 12.1 Å². The van der Waals surface area contributed by atoms with Crippen molar-refractivity contribution in [3.8, 4) is 6.07 Å². The van der Waals surface area contributed by atoms with Gasteiger partial charge in [-0.05, 0) is 12.5 Å². The highest BCUT2D eigenvalue weighted by Gasteiger charge is 2.16. The molecular weight excluding hydrogens is 182 g/mol. The fraction of sp³-hybridized carbons (Fsp3) is 0.100. The number of aromatic carboxylic acids is 1. The zero-order chi connectivity index (χ0) is 10.7. The molecule has 0 aliphatic carbocycles. The van der Waals surface area contributed by atoms with E-state index in [2.05, 4.69) is 0 Å². The Morgan fingerprint density at radius 3 is 2.64 bits per heavy atom. The fourth-order valence-electron chi connectivity index (χ4n) is 1.20. The van der Waals surface area contributed by atoms with Gasteiger partial charge in [0.05, 0.1) is 11.1 Å². The van der Waals surface area contributed by atoms with Crippen LogP contribution in [0, 0.1) is 18.3 Å². The first-order valence-electron chi connectivity index (χ1n) is 3.84. The van der Waals surface area contributed by atoms with E-state index in [0.29, 0.717) is 11.8 Å². The number of benzene rings is 1. The smallest absolute Gasteiger partial charge is 0.337 e. The number of carbonyl (C=O) groups excluding carboxylic acids is 1. The van der Waals surface area contributed by atoms with Gasteiger partial charge < -0.3 is 5.11 Å². The van der Waals surface area contributed by atoms with Crippen molar-refractivity contribution in [2.75, 3.05) is 0 Å². The first kappa shape index (κ1) is 9.93. The topological polar surface area (TPSA) is 78.2 Å².